The number of nitrogens with one attached hydrogen (secondary N) is 1. The summed E-state index contributed by atoms with van der Waals surface area (Å²) in [5.41, 5.74) is 3.19. The Bertz CT molecular complexity index is 919. The first-order chi connectivity index (χ1) is 15.0. The minimum atomic E-state index is -0.192. The fraction of sp³-hybridized carbons (Fsp3) is 0.500. The summed E-state index contributed by atoms with van der Waals surface area (Å²) < 4.78 is 5.39. The molecule has 0 unspecified atom stereocenters. The summed E-state index contributed by atoms with van der Waals surface area (Å²) in [6, 6.07) is 9.87. The second-order valence-electron chi connectivity index (χ2n) is 8.43. The minimum Gasteiger partial charge on any atom is -0.378 e. The quantitative estimate of drug-likeness (QED) is 0.741. The van der Waals surface area contributed by atoms with Gasteiger partial charge in [0.2, 0.25) is 5.91 Å². The fourth-order valence-corrected chi connectivity index (χ4v) is 5.51. The predicted octanol–water partition coefficient (Wildman–Crippen LogP) is 3.81. The largest absolute Gasteiger partial charge is 0.378 e. The van der Waals surface area contributed by atoms with Gasteiger partial charge in [-0.2, -0.15) is 0 Å². The van der Waals surface area contributed by atoms with Crippen LogP contribution in [0.2, 0.25) is 0 Å². The number of ether oxygens (including phenoxy) is 1. The van der Waals surface area contributed by atoms with Crippen LogP contribution in [0.15, 0.2) is 30.3 Å². The summed E-state index contributed by atoms with van der Waals surface area (Å²) in [5.74, 6) is 0.454. The normalized spacial score (nSPS) is 18.4. The number of anilines is 2. The van der Waals surface area contributed by atoms with Gasteiger partial charge in [0, 0.05) is 36.4 Å². The fourth-order valence-electron chi connectivity index (χ4n) is 4.31. The van der Waals surface area contributed by atoms with Gasteiger partial charge in [0.25, 0.3) is 5.91 Å². The molecular weight excluding hydrogens is 410 g/mol. The second kappa shape index (κ2) is 9.83. The zero-order valence-electron chi connectivity index (χ0n) is 18.4. The molecule has 7 heteroatoms. The lowest BCUT2D eigenvalue weighted by Gasteiger charge is -2.28. The zero-order valence-corrected chi connectivity index (χ0v) is 19.2. The third kappa shape index (κ3) is 5.28. The highest BCUT2D eigenvalue weighted by Gasteiger charge is 2.24. The average molecular weight is 442 g/mol. The summed E-state index contributed by atoms with van der Waals surface area (Å²) >= 11 is 1.59. The number of nitrogens with zero attached hydrogens (tertiary/aromatic N) is 2. The van der Waals surface area contributed by atoms with Gasteiger partial charge in [0.05, 0.1) is 24.6 Å². The highest BCUT2D eigenvalue weighted by Crippen LogP contribution is 2.34. The van der Waals surface area contributed by atoms with Crippen LogP contribution in [-0.2, 0) is 22.4 Å². The molecule has 1 fully saturated rings. The third-order valence-corrected chi connectivity index (χ3v) is 7.45. The lowest BCUT2D eigenvalue weighted by atomic mass is 9.87. The van der Waals surface area contributed by atoms with Gasteiger partial charge in [0.15, 0.2) is 0 Å². The van der Waals surface area contributed by atoms with E-state index in [1.807, 2.05) is 30.3 Å². The first-order valence-corrected chi connectivity index (χ1v) is 11.9. The SMILES string of the molecule is CC[C@H]1CCc2sc(C(=O)N(C)CC(=O)Nc3ccc(N4CCOCC4)cc3)cc2C1. The van der Waals surface area contributed by atoms with Crippen molar-refractivity contribution in [2.75, 3.05) is 50.1 Å². The van der Waals surface area contributed by atoms with E-state index < -0.39 is 0 Å². The van der Waals surface area contributed by atoms with Gasteiger partial charge in [-0.05, 0) is 61.1 Å². The highest BCUT2D eigenvalue weighted by atomic mass is 32.1. The molecule has 0 radical (unpaired) electrons. The lowest BCUT2D eigenvalue weighted by Crippen LogP contribution is -2.36. The van der Waals surface area contributed by atoms with Gasteiger partial charge in [-0.1, -0.05) is 13.3 Å². The number of likely N-dealkylation sites (N-methyl/N-ethyl adjacent to an activating group) is 1. The molecule has 2 aliphatic rings. The number of morpholine rings is 1. The molecule has 0 bridgehead atoms. The Morgan fingerprint density at radius 3 is 2.68 bits per heavy atom. The summed E-state index contributed by atoms with van der Waals surface area (Å²) in [6.45, 7) is 5.51. The van der Waals surface area contributed by atoms with Crippen molar-refractivity contribution in [2.45, 2.75) is 32.6 Å². The van der Waals surface area contributed by atoms with Crippen LogP contribution in [0.25, 0.3) is 0 Å². The Hall–Kier alpha value is -2.38. The summed E-state index contributed by atoms with van der Waals surface area (Å²) in [4.78, 5) is 31.2. The third-order valence-electron chi connectivity index (χ3n) is 6.23. The topological polar surface area (TPSA) is 61.9 Å². The monoisotopic (exact) mass is 441 g/mol. The van der Waals surface area contributed by atoms with Crippen LogP contribution in [0.3, 0.4) is 0 Å². The van der Waals surface area contributed by atoms with Gasteiger partial charge >= 0.3 is 0 Å². The molecule has 6 nitrogen and oxygen atoms in total. The molecule has 1 atom stereocenters. The number of aryl methyl sites for hydroxylation is 1. The van der Waals surface area contributed by atoms with E-state index in [0.29, 0.717) is 0 Å². The minimum absolute atomic E-state index is 0.0319. The number of hydrogen-bond acceptors (Lipinski definition) is 5. The van der Waals surface area contributed by atoms with E-state index in [4.69, 9.17) is 4.74 Å². The Morgan fingerprint density at radius 2 is 1.97 bits per heavy atom. The van der Waals surface area contributed by atoms with E-state index in [0.717, 1.165) is 61.3 Å². The van der Waals surface area contributed by atoms with E-state index >= 15 is 0 Å². The molecule has 2 aromatic rings. The van der Waals surface area contributed by atoms with Crippen LogP contribution in [0.4, 0.5) is 11.4 Å². The van der Waals surface area contributed by atoms with Crippen molar-refractivity contribution in [3.8, 4) is 0 Å². The number of amides is 2. The van der Waals surface area contributed by atoms with Crippen molar-refractivity contribution >= 4 is 34.5 Å². The van der Waals surface area contributed by atoms with Crippen molar-refractivity contribution in [3.05, 3.63) is 45.6 Å². The summed E-state index contributed by atoms with van der Waals surface area (Å²) in [6.07, 6.45) is 4.53. The molecule has 1 aromatic heterocycles. The van der Waals surface area contributed by atoms with Crippen LogP contribution in [0.5, 0.6) is 0 Å². The van der Waals surface area contributed by atoms with Crippen molar-refractivity contribution in [3.63, 3.8) is 0 Å². The Morgan fingerprint density at radius 1 is 1.23 bits per heavy atom. The van der Waals surface area contributed by atoms with Crippen LogP contribution in [-0.4, -0.2) is 56.6 Å². The Kier molecular flexibility index (Phi) is 6.92. The van der Waals surface area contributed by atoms with Gasteiger partial charge < -0.3 is 19.9 Å². The maximum absolute atomic E-state index is 12.9. The number of benzene rings is 1. The smallest absolute Gasteiger partial charge is 0.264 e. The van der Waals surface area contributed by atoms with Crippen molar-refractivity contribution in [1.29, 1.82) is 0 Å². The second-order valence-corrected chi connectivity index (χ2v) is 9.57. The number of hydrogen-bond donors (Lipinski definition) is 1. The maximum Gasteiger partial charge on any atom is 0.264 e. The number of thiophene rings is 1. The Labute approximate surface area is 188 Å². The van der Waals surface area contributed by atoms with E-state index in [9.17, 15) is 9.59 Å². The van der Waals surface area contributed by atoms with Crippen LogP contribution >= 0.6 is 11.3 Å². The van der Waals surface area contributed by atoms with E-state index in [1.165, 1.54) is 28.2 Å². The summed E-state index contributed by atoms with van der Waals surface area (Å²) in [5, 5.41) is 2.90. The summed E-state index contributed by atoms with van der Waals surface area (Å²) in [7, 11) is 1.69. The van der Waals surface area contributed by atoms with Crippen molar-refractivity contribution in [1.82, 2.24) is 4.90 Å². The van der Waals surface area contributed by atoms with E-state index in [2.05, 4.69) is 17.1 Å². The van der Waals surface area contributed by atoms with E-state index in [-0.39, 0.29) is 18.4 Å². The molecule has 1 aliphatic heterocycles. The van der Waals surface area contributed by atoms with Gasteiger partial charge in [-0.15, -0.1) is 11.3 Å². The number of rotatable bonds is 6. The molecule has 1 N–H and O–H groups in total. The molecule has 1 saturated heterocycles. The molecular formula is C24H31N3O3S. The average Bonchev–Trinajstić information content (AvgIpc) is 3.22. The van der Waals surface area contributed by atoms with Crippen molar-refractivity contribution in [2.24, 2.45) is 5.92 Å². The van der Waals surface area contributed by atoms with Gasteiger partial charge in [-0.3, -0.25) is 9.59 Å². The van der Waals surface area contributed by atoms with Crippen LogP contribution in [0, 0.1) is 5.92 Å². The van der Waals surface area contributed by atoms with Crippen LogP contribution in [0.1, 0.15) is 39.9 Å². The number of carbonyl (C=O) groups excluding carboxylic acids is 2. The molecule has 0 spiro atoms. The number of carbonyl (C=O) groups is 2. The highest BCUT2D eigenvalue weighted by molar-refractivity contribution is 7.14. The van der Waals surface area contributed by atoms with E-state index in [1.54, 1.807) is 18.4 Å². The first-order valence-electron chi connectivity index (χ1n) is 11.1. The van der Waals surface area contributed by atoms with Gasteiger partial charge in [0.1, 0.15) is 0 Å². The van der Waals surface area contributed by atoms with Gasteiger partial charge in [-0.25, -0.2) is 0 Å². The first kappa shape index (κ1) is 21.8. The molecule has 0 saturated carbocycles. The molecule has 166 valence electrons. The number of fused-ring (bicyclic) bond motifs is 1. The molecule has 4 rings (SSSR count). The zero-order chi connectivity index (χ0) is 21.8. The maximum atomic E-state index is 12.9. The molecule has 1 aromatic carbocycles. The molecule has 2 heterocycles. The molecule has 2 amide bonds. The molecule has 31 heavy (non-hydrogen) atoms. The lowest BCUT2D eigenvalue weighted by molar-refractivity contribution is -0.116. The molecule has 1 aliphatic carbocycles. The van der Waals surface area contributed by atoms with Crippen LogP contribution < -0.4 is 10.2 Å². The van der Waals surface area contributed by atoms with Crippen molar-refractivity contribution < 1.29 is 14.3 Å². The Balaban J connectivity index is 1.31. The standard InChI is InChI=1S/C24H31N3O3S/c1-3-17-4-9-21-18(14-17)15-22(31-21)24(29)26(2)16-23(28)25-19-5-7-20(8-6-19)27-10-12-30-13-11-27/h5-8,15,17H,3-4,9-14,16H2,1-2H3,(H,25,28)/t17-/m0/s1. The predicted molar refractivity (Wildman–Crippen MR) is 125 cm³/mol.